The summed E-state index contributed by atoms with van der Waals surface area (Å²) in [5.41, 5.74) is 0.194. The maximum atomic E-state index is 14.7. The number of aryl methyl sites for hydroxylation is 1. The van der Waals surface area contributed by atoms with Crippen LogP contribution in [0.5, 0.6) is 0 Å². The molecule has 1 N–H and O–H groups in total. The van der Waals surface area contributed by atoms with Crippen LogP contribution in [-0.2, 0) is 22.1 Å². The van der Waals surface area contributed by atoms with E-state index in [-0.39, 0.29) is 39.5 Å². The highest BCUT2D eigenvalue weighted by molar-refractivity contribution is 6.05. The second kappa shape index (κ2) is 8.62. The van der Waals surface area contributed by atoms with Gasteiger partial charge in [0.2, 0.25) is 12.2 Å². The summed E-state index contributed by atoms with van der Waals surface area (Å²) in [6, 6.07) is -0.276. The molecule has 0 spiro atoms. The van der Waals surface area contributed by atoms with Crippen molar-refractivity contribution in [1.29, 1.82) is 0 Å². The van der Waals surface area contributed by atoms with Crippen molar-refractivity contribution < 1.29 is 36.6 Å². The summed E-state index contributed by atoms with van der Waals surface area (Å²) in [4.78, 5) is 24.5. The Kier molecular flexibility index (Phi) is 6.66. The van der Waals surface area contributed by atoms with Gasteiger partial charge in [0.05, 0.1) is 6.61 Å². The zero-order valence-corrected chi connectivity index (χ0v) is 16.5. The third-order valence-corrected chi connectivity index (χ3v) is 4.40. The number of benzene rings is 1. The molecule has 0 unspecified atom stereocenters. The first-order valence-electron chi connectivity index (χ1n) is 8.87. The van der Waals surface area contributed by atoms with Gasteiger partial charge in [-0.25, -0.2) is 13.6 Å². The van der Waals surface area contributed by atoms with Crippen LogP contribution in [0.3, 0.4) is 0 Å². The predicted octanol–water partition coefficient (Wildman–Crippen LogP) is 3.17. The normalized spacial score (nSPS) is 11.4. The third-order valence-electron chi connectivity index (χ3n) is 4.40. The lowest BCUT2D eigenvalue weighted by Gasteiger charge is -2.15. The van der Waals surface area contributed by atoms with E-state index >= 15 is 0 Å². The number of carbonyl (C=O) groups excluding carboxylic acids is 2. The van der Waals surface area contributed by atoms with Crippen LogP contribution in [-0.4, -0.2) is 29.8 Å². The lowest BCUT2D eigenvalue weighted by atomic mass is 10.1. The molecule has 0 aliphatic rings. The summed E-state index contributed by atoms with van der Waals surface area (Å²) in [5.74, 6) is -3.03. The van der Waals surface area contributed by atoms with Gasteiger partial charge in [-0.3, -0.25) is 4.79 Å². The fourth-order valence-corrected chi connectivity index (χ4v) is 3.09. The molecule has 0 atom stereocenters. The first-order valence-corrected chi connectivity index (χ1v) is 8.87. The van der Waals surface area contributed by atoms with Crippen LogP contribution in [0.15, 0.2) is 18.2 Å². The molecule has 1 heterocycles. The van der Waals surface area contributed by atoms with Crippen LogP contribution in [0.4, 0.5) is 23.2 Å². The minimum atomic E-state index is -4.15. The largest absolute Gasteiger partial charge is 0.472 e. The number of nitrogens with zero attached hydrogens (tertiary/aromatic N) is 2. The maximum absolute atomic E-state index is 14.7. The number of rotatable bonds is 7. The Labute approximate surface area is 165 Å². The quantitative estimate of drug-likeness (QED) is 0.428. The molecule has 1 aromatic carbocycles. The minimum absolute atomic E-state index is 0.0421. The minimum Gasteiger partial charge on any atom is -0.460 e. The fourth-order valence-electron chi connectivity index (χ4n) is 3.09. The predicted molar refractivity (Wildman–Crippen MR) is 96.0 cm³/mol. The van der Waals surface area contributed by atoms with Crippen molar-refractivity contribution in [3.63, 3.8) is 0 Å². The number of aromatic nitrogens is 2. The molecule has 2 rings (SSSR count). The number of nitrogens with one attached hydrogen (secondary N) is 1. The summed E-state index contributed by atoms with van der Waals surface area (Å²) in [6.45, 7) is 3.71. The van der Waals surface area contributed by atoms with Gasteiger partial charge >= 0.3 is 12.0 Å². The average Bonchev–Trinajstić information content (AvgIpc) is 2.89. The van der Waals surface area contributed by atoms with Crippen molar-refractivity contribution >= 4 is 17.6 Å². The molecule has 1 aromatic heterocycles. The summed E-state index contributed by atoms with van der Waals surface area (Å²) < 4.78 is 61.4. The van der Waals surface area contributed by atoms with Crippen LogP contribution in [0.1, 0.15) is 34.2 Å². The van der Waals surface area contributed by atoms with Crippen molar-refractivity contribution in [3.05, 3.63) is 46.5 Å². The van der Waals surface area contributed by atoms with Gasteiger partial charge in [0.25, 0.3) is 5.91 Å². The topological polar surface area (TPSA) is 64.2 Å². The molecule has 0 saturated carbocycles. The highest BCUT2D eigenvalue weighted by Gasteiger charge is 2.52. The van der Waals surface area contributed by atoms with E-state index in [0.29, 0.717) is 0 Å². The van der Waals surface area contributed by atoms with E-state index in [1.807, 2.05) is 0 Å². The molecule has 0 aliphatic carbocycles. The van der Waals surface area contributed by atoms with E-state index in [0.717, 1.165) is 10.7 Å². The second-order valence-electron chi connectivity index (χ2n) is 6.35. The lowest BCUT2D eigenvalue weighted by molar-refractivity contribution is -0.792. The number of hydrogen-bond donors (Lipinski definition) is 1. The Balaban J connectivity index is 2.54. The molecule has 29 heavy (non-hydrogen) atoms. The van der Waals surface area contributed by atoms with Gasteiger partial charge in [0.1, 0.15) is 17.1 Å². The van der Waals surface area contributed by atoms with Gasteiger partial charge in [0.15, 0.2) is 6.67 Å². The maximum Gasteiger partial charge on any atom is 0.472 e. The molecule has 158 valence electrons. The number of hydrogen-bond acceptors (Lipinski definition) is 3. The molecular weight excluding hydrogens is 394 g/mol. The molecule has 0 saturated heterocycles. The van der Waals surface area contributed by atoms with Crippen molar-refractivity contribution in [1.82, 2.24) is 4.68 Å². The lowest BCUT2D eigenvalue weighted by Crippen LogP contribution is -2.55. The smallest absolute Gasteiger partial charge is 0.460 e. The first-order chi connectivity index (χ1) is 13.6. The van der Waals surface area contributed by atoms with Gasteiger partial charge in [-0.05, 0) is 44.5 Å². The molecule has 0 radical (unpaired) electrons. The number of ether oxygens (including phenoxy) is 1. The molecule has 0 aliphatic heterocycles. The van der Waals surface area contributed by atoms with E-state index in [1.54, 1.807) is 0 Å². The second-order valence-corrected chi connectivity index (χ2v) is 6.35. The van der Waals surface area contributed by atoms with Crippen LogP contribution in [0.25, 0.3) is 0 Å². The van der Waals surface area contributed by atoms with Crippen molar-refractivity contribution in [2.75, 3.05) is 18.6 Å². The monoisotopic (exact) mass is 416 g/mol. The van der Waals surface area contributed by atoms with Crippen molar-refractivity contribution in [3.8, 4) is 0 Å². The summed E-state index contributed by atoms with van der Waals surface area (Å²) >= 11 is 0. The number of amides is 1. The Bertz CT molecular complexity index is 941. The molecule has 2 aromatic rings. The average molecular weight is 416 g/mol. The van der Waals surface area contributed by atoms with Gasteiger partial charge in [-0.1, -0.05) is 4.68 Å². The number of alkyl halides is 3. The standard InChI is InChI=1S/C19H21F4N3O3/c1-5-29-18(28)19(22,23)26-13(4)16(12(3)25(26)9-8-20)17(27)24-14-6-7-15(21)11(2)10-14/h6-7,10H,5,8-9H2,1-4H3/p+1. The van der Waals surface area contributed by atoms with Crippen LogP contribution < -0.4 is 10.00 Å². The molecule has 1 amide bonds. The Morgan fingerprint density at radius 2 is 1.90 bits per heavy atom. The first kappa shape index (κ1) is 22.4. The third kappa shape index (κ3) is 4.25. The summed E-state index contributed by atoms with van der Waals surface area (Å²) in [7, 11) is 0. The van der Waals surface area contributed by atoms with Crippen molar-refractivity contribution in [2.45, 2.75) is 40.3 Å². The molecule has 10 heteroatoms. The molecule has 6 nitrogen and oxygen atoms in total. The Hall–Kier alpha value is -2.91. The number of esters is 1. The van der Waals surface area contributed by atoms with Crippen LogP contribution in [0, 0.1) is 26.6 Å². The van der Waals surface area contributed by atoms with E-state index in [2.05, 4.69) is 10.1 Å². The molecule has 0 bridgehead atoms. The highest BCUT2D eigenvalue weighted by atomic mass is 19.3. The Morgan fingerprint density at radius 3 is 2.45 bits per heavy atom. The van der Waals surface area contributed by atoms with E-state index in [1.165, 1.54) is 39.8 Å². The highest BCUT2D eigenvalue weighted by Crippen LogP contribution is 2.27. The van der Waals surface area contributed by atoms with Crippen LogP contribution >= 0.6 is 0 Å². The van der Waals surface area contributed by atoms with E-state index < -0.39 is 37.0 Å². The molecular formula is C19H22F4N3O3+. The van der Waals surface area contributed by atoms with Gasteiger partial charge in [0, 0.05) is 12.6 Å². The summed E-state index contributed by atoms with van der Waals surface area (Å²) in [5, 5.41) is 2.51. The number of carbonyl (C=O) groups is 2. The van der Waals surface area contributed by atoms with Gasteiger partial charge < -0.3 is 10.1 Å². The summed E-state index contributed by atoms with van der Waals surface area (Å²) in [6.07, 6.45) is 0. The fraction of sp³-hybridized carbons (Fsp3) is 0.421. The zero-order valence-electron chi connectivity index (χ0n) is 16.5. The van der Waals surface area contributed by atoms with E-state index in [4.69, 9.17) is 0 Å². The van der Waals surface area contributed by atoms with Gasteiger partial charge in [-0.15, -0.1) is 4.68 Å². The van der Waals surface area contributed by atoms with E-state index in [9.17, 15) is 27.2 Å². The number of halogens is 4. The Morgan fingerprint density at radius 1 is 1.24 bits per heavy atom. The van der Waals surface area contributed by atoms with Crippen molar-refractivity contribution in [2.24, 2.45) is 0 Å². The van der Waals surface area contributed by atoms with Gasteiger partial charge in [-0.2, -0.15) is 8.78 Å². The SMILES string of the molecule is CCOC(=O)C(F)(F)n1c(C)c(C(=O)Nc2ccc(F)c(C)c2)c(C)[n+]1CCF. The van der Waals surface area contributed by atoms with Crippen LogP contribution in [0.2, 0.25) is 0 Å². The zero-order chi connectivity index (χ0) is 21.9. The molecule has 0 fully saturated rings. The number of anilines is 1.